The molecule has 0 fully saturated rings. The fourth-order valence-corrected chi connectivity index (χ4v) is 2.68. The number of ether oxygens (including phenoxy) is 3. The van der Waals surface area contributed by atoms with Crippen LogP contribution in [0, 0.1) is 0 Å². The summed E-state index contributed by atoms with van der Waals surface area (Å²) < 4.78 is 16.5. The Morgan fingerprint density at radius 1 is 1.10 bits per heavy atom. The molecule has 0 saturated carbocycles. The van der Waals surface area contributed by atoms with E-state index < -0.39 is 0 Å². The summed E-state index contributed by atoms with van der Waals surface area (Å²) in [4.78, 5) is 8.43. The van der Waals surface area contributed by atoms with Crippen LogP contribution in [0.15, 0.2) is 41.5 Å². The Labute approximate surface area is 190 Å². The van der Waals surface area contributed by atoms with Crippen LogP contribution in [0.4, 0.5) is 0 Å². The number of pyridine rings is 1. The average molecular weight is 514 g/mol. The molecule has 0 aliphatic rings. The highest BCUT2D eigenvalue weighted by atomic mass is 127. The number of hydrogen-bond acceptors (Lipinski definition) is 5. The monoisotopic (exact) mass is 514 g/mol. The highest BCUT2D eigenvalue weighted by molar-refractivity contribution is 14.0. The molecule has 29 heavy (non-hydrogen) atoms. The van der Waals surface area contributed by atoms with Crippen LogP contribution in [0.5, 0.6) is 17.4 Å². The minimum Gasteiger partial charge on any atom is -0.490 e. The van der Waals surface area contributed by atoms with Crippen LogP contribution in [0.1, 0.15) is 37.9 Å². The summed E-state index contributed by atoms with van der Waals surface area (Å²) in [5.41, 5.74) is 2.14. The predicted octanol–water partition coefficient (Wildman–Crippen LogP) is 3.93. The molecule has 1 heterocycles. The van der Waals surface area contributed by atoms with Crippen LogP contribution in [0.3, 0.4) is 0 Å². The molecule has 0 saturated heterocycles. The Bertz CT molecular complexity index is 786. The maximum atomic E-state index is 5.72. The van der Waals surface area contributed by atoms with E-state index in [1.54, 1.807) is 20.4 Å². The zero-order valence-corrected chi connectivity index (χ0v) is 20.0. The van der Waals surface area contributed by atoms with Gasteiger partial charge in [0, 0.05) is 25.9 Å². The number of nitrogens with zero attached hydrogens (tertiary/aromatic N) is 2. The molecule has 0 aliphatic carbocycles. The van der Waals surface area contributed by atoms with Crippen molar-refractivity contribution in [2.24, 2.45) is 4.99 Å². The molecule has 0 spiro atoms. The highest BCUT2D eigenvalue weighted by Gasteiger charge is 2.12. The van der Waals surface area contributed by atoms with E-state index in [0.717, 1.165) is 22.6 Å². The summed E-state index contributed by atoms with van der Waals surface area (Å²) in [6.07, 6.45) is 1.73. The molecule has 160 valence electrons. The summed E-state index contributed by atoms with van der Waals surface area (Å²) in [6.45, 7) is 7.80. The van der Waals surface area contributed by atoms with Gasteiger partial charge in [-0.1, -0.05) is 6.07 Å². The third-order valence-electron chi connectivity index (χ3n) is 4.11. The number of methoxy groups -OCH3 is 1. The normalized spacial score (nSPS) is 11.8. The molecule has 1 aromatic carbocycles. The van der Waals surface area contributed by atoms with E-state index in [9.17, 15) is 0 Å². The van der Waals surface area contributed by atoms with E-state index in [2.05, 4.69) is 27.5 Å². The van der Waals surface area contributed by atoms with Gasteiger partial charge in [-0.15, -0.1) is 24.0 Å². The second kappa shape index (κ2) is 13.1. The van der Waals surface area contributed by atoms with Crippen LogP contribution in [0.25, 0.3) is 0 Å². The second-order valence-corrected chi connectivity index (χ2v) is 6.07. The standard InChI is InChI=1S/C21H30N4O3.HI/c1-6-27-18-9-8-17(13-19(18)28-7-2)15(3)25-21(22-4)24-14-16-10-11-23-20(12-16)26-5;/h8-13,15H,6-7,14H2,1-5H3,(H2,22,24,25);1H. The van der Waals surface area contributed by atoms with Crippen LogP contribution >= 0.6 is 24.0 Å². The van der Waals surface area contributed by atoms with Crippen molar-refractivity contribution in [3.63, 3.8) is 0 Å². The molecule has 0 bridgehead atoms. The van der Waals surface area contributed by atoms with Crippen molar-refractivity contribution in [1.29, 1.82) is 0 Å². The quantitative estimate of drug-likeness (QED) is 0.300. The molecule has 0 amide bonds. The summed E-state index contributed by atoms with van der Waals surface area (Å²) in [7, 11) is 3.36. The third kappa shape index (κ3) is 7.60. The molecule has 1 aromatic heterocycles. The van der Waals surface area contributed by atoms with Gasteiger partial charge in [0.2, 0.25) is 5.88 Å². The van der Waals surface area contributed by atoms with Gasteiger partial charge in [-0.25, -0.2) is 4.98 Å². The fourth-order valence-electron chi connectivity index (χ4n) is 2.68. The molecule has 2 rings (SSSR count). The summed E-state index contributed by atoms with van der Waals surface area (Å²) in [5.74, 6) is 2.81. The highest BCUT2D eigenvalue weighted by Crippen LogP contribution is 2.30. The van der Waals surface area contributed by atoms with Crippen molar-refractivity contribution in [2.75, 3.05) is 27.4 Å². The maximum Gasteiger partial charge on any atom is 0.213 e. The number of aromatic nitrogens is 1. The van der Waals surface area contributed by atoms with E-state index in [1.165, 1.54) is 0 Å². The van der Waals surface area contributed by atoms with Gasteiger partial charge in [-0.3, -0.25) is 4.99 Å². The molecule has 2 N–H and O–H groups in total. The number of halogens is 1. The Balaban J connectivity index is 0.00000420. The lowest BCUT2D eigenvalue weighted by atomic mass is 10.1. The summed E-state index contributed by atoms with van der Waals surface area (Å²) in [5, 5.41) is 6.71. The van der Waals surface area contributed by atoms with Gasteiger partial charge in [0.25, 0.3) is 0 Å². The number of rotatable bonds is 9. The van der Waals surface area contributed by atoms with E-state index in [4.69, 9.17) is 14.2 Å². The zero-order valence-electron chi connectivity index (χ0n) is 17.7. The van der Waals surface area contributed by atoms with Crippen molar-refractivity contribution in [3.8, 4) is 17.4 Å². The van der Waals surface area contributed by atoms with Gasteiger partial charge in [-0.05, 0) is 50.1 Å². The fraction of sp³-hybridized carbons (Fsp3) is 0.429. The van der Waals surface area contributed by atoms with Gasteiger partial charge in [0.15, 0.2) is 17.5 Å². The first kappa shape index (κ1) is 24.8. The van der Waals surface area contributed by atoms with Crippen LogP contribution in [0.2, 0.25) is 0 Å². The predicted molar refractivity (Wildman–Crippen MR) is 127 cm³/mol. The van der Waals surface area contributed by atoms with Crippen molar-refractivity contribution in [2.45, 2.75) is 33.4 Å². The smallest absolute Gasteiger partial charge is 0.213 e. The van der Waals surface area contributed by atoms with Gasteiger partial charge >= 0.3 is 0 Å². The first-order chi connectivity index (χ1) is 13.6. The third-order valence-corrected chi connectivity index (χ3v) is 4.11. The second-order valence-electron chi connectivity index (χ2n) is 6.07. The van der Waals surface area contributed by atoms with Gasteiger partial charge in [0.1, 0.15) is 0 Å². The number of nitrogens with one attached hydrogen (secondary N) is 2. The molecular weight excluding hydrogens is 483 g/mol. The topological polar surface area (TPSA) is 77.0 Å². The first-order valence-electron chi connectivity index (χ1n) is 9.46. The van der Waals surface area contributed by atoms with Gasteiger partial charge in [0.05, 0.1) is 26.4 Å². The van der Waals surface area contributed by atoms with Crippen molar-refractivity contribution in [3.05, 3.63) is 47.7 Å². The van der Waals surface area contributed by atoms with Crippen molar-refractivity contribution >= 4 is 29.9 Å². The largest absolute Gasteiger partial charge is 0.490 e. The van der Waals surface area contributed by atoms with Crippen LogP contribution in [-0.2, 0) is 6.54 Å². The van der Waals surface area contributed by atoms with Crippen LogP contribution < -0.4 is 24.8 Å². The van der Waals surface area contributed by atoms with Gasteiger partial charge < -0.3 is 24.8 Å². The van der Waals surface area contributed by atoms with Crippen LogP contribution in [-0.4, -0.2) is 38.3 Å². The number of aliphatic imine (C=N–C) groups is 1. The maximum absolute atomic E-state index is 5.72. The lowest BCUT2D eigenvalue weighted by Crippen LogP contribution is -2.38. The Morgan fingerprint density at radius 3 is 2.48 bits per heavy atom. The number of guanidine groups is 1. The average Bonchev–Trinajstić information content (AvgIpc) is 2.72. The molecular formula is C21H31IN4O3. The number of benzene rings is 1. The summed E-state index contributed by atoms with van der Waals surface area (Å²) >= 11 is 0. The Kier molecular flexibility index (Phi) is 11.2. The SMILES string of the molecule is CCOc1ccc(C(C)NC(=NC)NCc2ccnc(OC)c2)cc1OCC.I. The van der Waals surface area contributed by atoms with E-state index in [1.807, 2.05) is 44.2 Å². The molecule has 2 aromatic rings. The first-order valence-corrected chi connectivity index (χ1v) is 9.46. The van der Waals surface area contributed by atoms with Crippen molar-refractivity contribution in [1.82, 2.24) is 15.6 Å². The van der Waals surface area contributed by atoms with E-state index in [-0.39, 0.29) is 30.0 Å². The van der Waals surface area contributed by atoms with Crippen molar-refractivity contribution < 1.29 is 14.2 Å². The van der Waals surface area contributed by atoms with E-state index in [0.29, 0.717) is 31.6 Å². The Morgan fingerprint density at radius 2 is 1.83 bits per heavy atom. The molecule has 0 aliphatic heterocycles. The minimum absolute atomic E-state index is 0. The molecule has 7 nitrogen and oxygen atoms in total. The molecule has 0 radical (unpaired) electrons. The molecule has 1 unspecified atom stereocenters. The lowest BCUT2D eigenvalue weighted by molar-refractivity contribution is 0.287. The lowest BCUT2D eigenvalue weighted by Gasteiger charge is -2.20. The Hall–Kier alpha value is -2.23. The molecule has 1 atom stereocenters. The summed E-state index contributed by atoms with van der Waals surface area (Å²) in [6, 6.07) is 9.85. The zero-order chi connectivity index (χ0) is 20.4. The van der Waals surface area contributed by atoms with E-state index >= 15 is 0 Å². The minimum atomic E-state index is 0. The molecule has 8 heteroatoms. The number of hydrogen-bond donors (Lipinski definition) is 2. The van der Waals surface area contributed by atoms with Gasteiger partial charge in [-0.2, -0.15) is 0 Å².